The van der Waals surface area contributed by atoms with Gasteiger partial charge in [-0.25, -0.2) is 0 Å². The highest BCUT2D eigenvalue weighted by atomic mass is 16.5. The maximum absolute atomic E-state index is 11.1. The van der Waals surface area contributed by atoms with Gasteiger partial charge in [-0.2, -0.15) is 0 Å². The SMILES string of the molecule is COc1cccc(N2CCNCC(C(=O)O)C2)c1. The van der Waals surface area contributed by atoms with E-state index in [9.17, 15) is 4.79 Å². The molecule has 0 spiro atoms. The summed E-state index contributed by atoms with van der Waals surface area (Å²) in [5, 5.41) is 12.3. The minimum Gasteiger partial charge on any atom is -0.497 e. The van der Waals surface area contributed by atoms with E-state index in [1.54, 1.807) is 7.11 Å². The normalized spacial score (nSPS) is 20.3. The molecule has 0 amide bonds. The van der Waals surface area contributed by atoms with Gasteiger partial charge in [-0.05, 0) is 12.1 Å². The van der Waals surface area contributed by atoms with E-state index in [1.807, 2.05) is 24.3 Å². The molecule has 1 aromatic rings. The van der Waals surface area contributed by atoms with Gasteiger partial charge in [0.25, 0.3) is 0 Å². The molecular weight excluding hydrogens is 232 g/mol. The number of nitrogens with one attached hydrogen (secondary N) is 1. The quantitative estimate of drug-likeness (QED) is 0.831. The van der Waals surface area contributed by atoms with Crippen molar-refractivity contribution in [3.63, 3.8) is 0 Å². The monoisotopic (exact) mass is 250 g/mol. The van der Waals surface area contributed by atoms with Gasteiger partial charge in [0, 0.05) is 37.9 Å². The van der Waals surface area contributed by atoms with E-state index in [2.05, 4.69) is 10.2 Å². The van der Waals surface area contributed by atoms with Crippen LogP contribution in [0.4, 0.5) is 5.69 Å². The third-order valence-electron chi connectivity index (χ3n) is 3.16. The summed E-state index contributed by atoms with van der Waals surface area (Å²) in [6.45, 7) is 2.64. The van der Waals surface area contributed by atoms with Crippen LogP contribution in [0.2, 0.25) is 0 Å². The largest absolute Gasteiger partial charge is 0.497 e. The molecule has 0 saturated carbocycles. The van der Waals surface area contributed by atoms with Crippen LogP contribution in [0.1, 0.15) is 0 Å². The number of carboxylic acids is 1. The zero-order valence-electron chi connectivity index (χ0n) is 10.4. The average molecular weight is 250 g/mol. The number of aliphatic carboxylic acids is 1. The van der Waals surface area contributed by atoms with Crippen LogP contribution in [0, 0.1) is 5.92 Å². The Morgan fingerprint density at radius 1 is 1.56 bits per heavy atom. The first kappa shape index (κ1) is 12.7. The lowest BCUT2D eigenvalue weighted by molar-refractivity contribution is -0.141. The first-order chi connectivity index (χ1) is 8.70. The lowest BCUT2D eigenvalue weighted by Crippen LogP contribution is -2.33. The number of hydrogen-bond donors (Lipinski definition) is 2. The second-order valence-corrected chi connectivity index (χ2v) is 4.39. The number of benzene rings is 1. The van der Waals surface area contributed by atoms with Crippen molar-refractivity contribution in [1.82, 2.24) is 5.32 Å². The van der Waals surface area contributed by atoms with E-state index < -0.39 is 5.97 Å². The Labute approximate surface area is 106 Å². The summed E-state index contributed by atoms with van der Waals surface area (Å²) in [5.41, 5.74) is 1.00. The Bertz CT molecular complexity index is 422. The summed E-state index contributed by atoms with van der Waals surface area (Å²) < 4.78 is 5.19. The summed E-state index contributed by atoms with van der Waals surface area (Å²) in [4.78, 5) is 13.2. The molecule has 0 bridgehead atoms. The standard InChI is InChI=1S/C13H18N2O3/c1-18-12-4-2-3-11(7-12)15-6-5-14-8-10(9-15)13(16)17/h2-4,7,10,14H,5-6,8-9H2,1H3,(H,16,17). The van der Waals surface area contributed by atoms with Crippen LogP contribution in [-0.4, -0.2) is 44.4 Å². The van der Waals surface area contributed by atoms with Crippen LogP contribution in [-0.2, 0) is 4.79 Å². The van der Waals surface area contributed by atoms with Crippen molar-refractivity contribution in [2.45, 2.75) is 0 Å². The first-order valence-corrected chi connectivity index (χ1v) is 6.03. The van der Waals surface area contributed by atoms with Crippen molar-refractivity contribution in [2.24, 2.45) is 5.92 Å². The summed E-state index contributed by atoms with van der Waals surface area (Å²) in [5.74, 6) is -0.340. The molecule has 1 aromatic carbocycles. The van der Waals surface area contributed by atoms with Crippen molar-refractivity contribution in [1.29, 1.82) is 0 Å². The Balaban J connectivity index is 2.16. The maximum Gasteiger partial charge on any atom is 0.309 e. The summed E-state index contributed by atoms with van der Waals surface area (Å²) in [6, 6.07) is 7.72. The molecule has 1 heterocycles. The van der Waals surface area contributed by atoms with Crippen LogP contribution >= 0.6 is 0 Å². The number of nitrogens with zero attached hydrogens (tertiary/aromatic N) is 1. The highest BCUT2D eigenvalue weighted by Gasteiger charge is 2.23. The molecule has 5 heteroatoms. The zero-order chi connectivity index (χ0) is 13.0. The van der Waals surface area contributed by atoms with E-state index in [0.717, 1.165) is 24.5 Å². The van der Waals surface area contributed by atoms with Crippen LogP contribution in [0.5, 0.6) is 5.75 Å². The molecule has 18 heavy (non-hydrogen) atoms. The van der Waals surface area contributed by atoms with E-state index in [4.69, 9.17) is 9.84 Å². The number of methoxy groups -OCH3 is 1. The smallest absolute Gasteiger partial charge is 0.309 e. The minimum absolute atomic E-state index is 0.376. The molecule has 0 aromatic heterocycles. The molecule has 98 valence electrons. The summed E-state index contributed by atoms with van der Waals surface area (Å²) in [7, 11) is 1.63. The van der Waals surface area contributed by atoms with Crippen LogP contribution < -0.4 is 15.0 Å². The number of rotatable bonds is 3. The highest BCUT2D eigenvalue weighted by molar-refractivity contribution is 5.71. The van der Waals surface area contributed by atoms with Crippen molar-refractivity contribution >= 4 is 11.7 Å². The molecule has 1 aliphatic rings. The Morgan fingerprint density at radius 2 is 2.39 bits per heavy atom. The highest BCUT2D eigenvalue weighted by Crippen LogP contribution is 2.22. The molecule has 2 rings (SSSR count). The molecule has 1 atom stereocenters. The lowest BCUT2D eigenvalue weighted by Gasteiger charge is -2.24. The lowest BCUT2D eigenvalue weighted by atomic mass is 10.1. The average Bonchev–Trinajstić information content (AvgIpc) is 2.64. The predicted octanol–water partition coefficient (Wildman–Crippen LogP) is 0.806. The molecule has 1 unspecified atom stereocenters. The number of carbonyl (C=O) groups is 1. The Hall–Kier alpha value is -1.75. The number of ether oxygens (including phenoxy) is 1. The van der Waals surface area contributed by atoms with Gasteiger partial charge in [-0.1, -0.05) is 6.07 Å². The Kier molecular flexibility index (Phi) is 4.04. The van der Waals surface area contributed by atoms with Crippen LogP contribution in [0.3, 0.4) is 0 Å². The molecule has 1 fully saturated rings. The molecule has 5 nitrogen and oxygen atoms in total. The number of hydrogen-bond acceptors (Lipinski definition) is 4. The van der Waals surface area contributed by atoms with Gasteiger partial charge in [0.05, 0.1) is 13.0 Å². The van der Waals surface area contributed by atoms with Crippen molar-refractivity contribution in [2.75, 3.05) is 38.2 Å². The van der Waals surface area contributed by atoms with Crippen LogP contribution in [0.15, 0.2) is 24.3 Å². The van der Waals surface area contributed by atoms with Gasteiger partial charge >= 0.3 is 5.97 Å². The second-order valence-electron chi connectivity index (χ2n) is 4.39. The van der Waals surface area contributed by atoms with E-state index in [-0.39, 0.29) is 5.92 Å². The van der Waals surface area contributed by atoms with Gasteiger partial charge in [0.15, 0.2) is 0 Å². The van der Waals surface area contributed by atoms with Gasteiger partial charge < -0.3 is 20.1 Å². The van der Waals surface area contributed by atoms with E-state index in [0.29, 0.717) is 13.1 Å². The number of anilines is 1. The van der Waals surface area contributed by atoms with Gasteiger partial charge in [0.2, 0.25) is 0 Å². The van der Waals surface area contributed by atoms with Gasteiger partial charge in [-0.15, -0.1) is 0 Å². The molecule has 0 aliphatic carbocycles. The van der Waals surface area contributed by atoms with E-state index in [1.165, 1.54) is 0 Å². The fraction of sp³-hybridized carbons (Fsp3) is 0.462. The molecule has 0 radical (unpaired) electrons. The zero-order valence-corrected chi connectivity index (χ0v) is 10.4. The van der Waals surface area contributed by atoms with Gasteiger partial charge in [0.1, 0.15) is 5.75 Å². The number of carboxylic acid groups (broad SMARTS) is 1. The summed E-state index contributed by atoms with van der Waals surface area (Å²) in [6.07, 6.45) is 0. The summed E-state index contributed by atoms with van der Waals surface area (Å²) >= 11 is 0. The van der Waals surface area contributed by atoms with Crippen LogP contribution in [0.25, 0.3) is 0 Å². The van der Waals surface area contributed by atoms with Crippen molar-refractivity contribution < 1.29 is 14.6 Å². The third kappa shape index (κ3) is 2.92. The topological polar surface area (TPSA) is 61.8 Å². The van der Waals surface area contributed by atoms with Gasteiger partial charge in [-0.3, -0.25) is 4.79 Å². The molecular formula is C13H18N2O3. The first-order valence-electron chi connectivity index (χ1n) is 6.03. The second kappa shape index (κ2) is 5.73. The fourth-order valence-corrected chi connectivity index (χ4v) is 2.12. The predicted molar refractivity (Wildman–Crippen MR) is 69.2 cm³/mol. The molecule has 1 saturated heterocycles. The van der Waals surface area contributed by atoms with E-state index >= 15 is 0 Å². The minimum atomic E-state index is -0.753. The van der Waals surface area contributed by atoms with Crippen molar-refractivity contribution in [3.05, 3.63) is 24.3 Å². The Morgan fingerprint density at radius 3 is 3.11 bits per heavy atom. The van der Waals surface area contributed by atoms with Crippen molar-refractivity contribution in [3.8, 4) is 5.75 Å². The molecule has 1 aliphatic heterocycles. The molecule has 2 N–H and O–H groups in total. The maximum atomic E-state index is 11.1. The third-order valence-corrected chi connectivity index (χ3v) is 3.16. The fourth-order valence-electron chi connectivity index (χ4n) is 2.12.